The molecule has 0 aliphatic rings. The fourth-order valence-corrected chi connectivity index (χ4v) is 5.42. The van der Waals surface area contributed by atoms with Crippen molar-refractivity contribution in [1.29, 1.82) is 0 Å². The second-order valence-corrected chi connectivity index (χ2v) is 14.0. The van der Waals surface area contributed by atoms with Crippen molar-refractivity contribution < 1.29 is 27.0 Å². The predicted molar refractivity (Wildman–Crippen MR) is 177 cm³/mol. The van der Waals surface area contributed by atoms with Crippen molar-refractivity contribution in [2.24, 2.45) is 0 Å². The third kappa shape index (κ3) is 8.84. The van der Waals surface area contributed by atoms with Gasteiger partial charge in [-0.3, -0.25) is 4.79 Å². The quantitative estimate of drug-likeness (QED) is 0.144. The van der Waals surface area contributed by atoms with Gasteiger partial charge in [0.25, 0.3) is 5.91 Å². The number of rotatable bonds is 11. The number of carbonyl (C=O) groups excluding carboxylic acids is 1. The van der Waals surface area contributed by atoms with Crippen LogP contribution in [0.2, 0.25) is 5.02 Å². The Hall–Kier alpha value is -4.44. The average Bonchev–Trinajstić information content (AvgIpc) is 3.51. The number of nitrogens with one attached hydrogen (secondary N) is 1. The molecule has 1 amide bonds. The first-order valence-electron chi connectivity index (χ1n) is 14.8. The zero-order valence-corrected chi connectivity index (χ0v) is 27.3. The van der Waals surface area contributed by atoms with Crippen LogP contribution in [0.4, 0.5) is 0 Å². The van der Waals surface area contributed by atoms with Crippen LogP contribution in [0, 0.1) is 0 Å². The molecule has 5 rings (SSSR count). The molecule has 0 aliphatic heterocycles. The first-order valence-corrected chi connectivity index (χ1v) is 16.7. The average molecular weight is 658 g/mol. The van der Waals surface area contributed by atoms with Gasteiger partial charge >= 0.3 is 0 Å². The molecule has 0 saturated carbocycles. The van der Waals surface area contributed by atoms with Gasteiger partial charge < -0.3 is 19.1 Å². The zero-order chi connectivity index (χ0) is 32.9. The number of hydrogen-bond donors (Lipinski definition) is 1. The maximum Gasteiger partial charge on any atom is 0.251 e. The Bertz CT molecular complexity index is 1880. The van der Waals surface area contributed by atoms with Crippen LogP contribution in [-0.4, -0.2) is 36.3 Å². The summed E-state index contributed by atoms with van der Waals surface area (Å²) in [6.45, 7) is 6.27. The van der Waals surface area contributed by atoms with E-state index in [4.69, 9.17) is 20.9 Å². The van der Waals surface area contributed by atoms with E-state index in [2.05, 4.69) is 55.5 Å². The topological polar surface area (TPSA) is 122 Å². The lowest BCUT2D eigenvalue weighted by atomic mass is 9.83. The summed E-state index contributed by atoms with van der Waals surface area (Å²) in [5, 5.41) is 7.58. The van der Waals surface area contributed by atoms with Crippen LogP contribution in [0.15, 0.2) is 108 Å². The molecule has 0 radical (unpaired) electrons. The number of halogens is 1. The summed E-state index contributed by atoms with van der Waals surface area (Å²) in [7, 11) is -4.40. The van der Waals surface area contributed by atoms with Gasteiger partial charge in [0.05, 0.1) is 21.6 Å². The van der Waals surface area contributed by atoms with E-state index in [1.165, 1.54) is 5.56 Å². The normalized spacial score (nSPS) is 12.5. The predicted octanol–water partition coefficient (Wildman–Crippen LogP) is 7.73. The third-order valence-electron chi connectivity index (χ3n) is 7.55. The zero-order valence-electron chi connectivity index (χ0n) is 25.7. The highest BCUT2D eigenvalue weighted by Gasteiger charge is 2.22. The molecular formula is C36H34ClN2O6S-. The molecule has 5 aromatic rings. The molecule has 1 atom stereocenters. The largest absolute Gasteiger partial charge is 0.748 e. The lowest BCUT2D eigenvalue weighted by Crippen LogP contribution is -2.28. The van der Waals surface area contributed by atoms with Gasteiger partial charge in [0.1, 0.15) is 11.5 Å². The van der Waals surface area contributed by atoms with Crippen LogP contribution in [0.3, 0.4) is 0 Å². The summed E-state index contributed by atoms with van der Waals surface area (Å²) in [6.07, 6.45) is 0.588. The summed E-state index contributed by atoms with van der Waals surface area (Å²) in [6, 6.07) is 32.3. The van der Waals surface area contributed by atoms with Crippen LogP contribution >= 0.6 is 11.6 Å². The van der Waals surface area contributed by atoms with Gasteiger partial charge in [-0.1, -0.05) is 73.9 Å². The minimum atomic E-state index is -4.40. The number of hydrogen-bond acceptors (Lipinski definition) is 7. The number of amides is 1. The second-order valence-electron chi connectivity index (χ2n) is 12.0. The lowest BCUT2D eigenvalue weighted by Gasteiger charge is -2.21. The third-order valence-corrected chi connectivity index (χ3v) is 8.50. The minimum absolute atomic E-state index is 0.00675. The number of carbonyl (C=O) groups is 1. The second kappa shape index (κ2) is 13.9. The molecule has 4 aromatic carbocycles. The summed E-state index contributed by atoms with van der Waals surface area (Å²) >= 11 is 5.97. The molecule has 8 nitrogen and oxygen atoms in total. The first kappa shape index (κ1) is 32.9. The van der Waals surface area contributed by atoms with E-state index in [1.807, 2.05) is 42.5 Å². The van der Waals surface area contributed by atoms with Crippen LogP contribution in [0.5, 0.6) is 11.5 Å². The van der Waals surface area contributed by atoms with Gasteiger partial charge in [-0.25, -0.2) is 8.42 Å². The highest BCUT2D eigenvalue weighted by atomic mass is 35.5. The Morgan fingerprint density at radius 2 is 1.52 bits per heavy atom. The molecular weight excluding hydrogens is 624 g/mol. The fourth-order valence-electron chi connectivity index (χ4n) is 4.94. The molecule has 1 heterocycles. The Balaban J connectivity index is 1.36. The van der Waals surface area contributed by atoms with Crippen molar-refractivity contribution in [3.63, 3.8) is 0 Å². The smallest absolute Gasteiger partial charge is 0.251 e. The Morgan fingerprint density at radius 1 is 0.913 bits per heavy atom. The van der Waals surface area contributed by atoms with E-state index in [0.717, 1.165) is 22.4 Å². The van der Waals surface area contributed by atoms with Crippen molar-refractivity contribution in [1.82, 2.24) is 10.5 Å². The van der Waals surface area contributed by atoms with Crippen molar-refractivity contribution in [3.05, 3.63) is 136 Å². The maximum atomic E-state index is 12.4. The van der Waals surface area contributed by atoms with Crippen molar-refractivity contribution in [2.45, 2.75) is 38.5 Å². The van der Waals surface area contributed by atoms with Crippen molar-refractivity contribution in [2.75, 3.05) is 12.3 Å². The van der Waals surface area contributed by atoms with Gasteiger partial charge in [-0.05, 0) is 89.2 Å². The van der Waals surface area contributed by atoms with Crippen LogP contribution in [-0.2, 0) is 22.0 Å². The van der Waals surface area contributed by atoms with Crippen molar-refractivity contribution >= 4 is 27.6 Å². The minimum Gasteiger partial charge on any atom is -0.748 e. The van der Waals surface area contributed by atoms with Gasteiger partial charge in [0, 0.05) is 34.7 Å². The summed E-state index contributed by atoms with van der Waals surface area (Å²) in [5.74, 6) is 0.735. The molecule has 10 heteroatoms. The molecule has 238 valence electrons. The van der Waals surface area contributed by atoms with E-state index in [9.17, 15) is 17.8 Å². The molecule has 0 spiro atoms. The number of nitrogens with zero attached hydrogens (tertiary/aromatic N) is 1. The standard InChI is InChI=1S/C36H35ClN2O6S/c1-36(2,3)28-12-8-25(9-13-28)32(22-24-4-6-27(7-5-24)35(40)38-20-21-46(41,42)43)33-23-34(45-39-33)26-10-16-30(17-11-26)44-31-18-14-29(37)15-19-31/h4-19,23,32H,20-22H2,1-3H3,(H,38,40)(H,41,42,43)/p-1. The summed E-state index contributed by atoms with van der Waals surface area (Å²) in [5.41, 5.74) is 5.25. The highest BCUT2D eigenvalue weighted by molar-refractivity contribution is 7.85. The maximum absolute atomic E-state index is 12.4. The monoisotopic (exact) mass is 657 g/mol. The molecule has 0 saturated heterocycles. The number of ether oxygens (including phenoxy) is 1. The van der Waals surface area contributed by atoms with Crippen LogP contribution in [0.25, 0.3) is 11.3 Å². The lowest BCUT2D eigenvalue weighted by molar-refractivity contribution is 0.0956. The Kier molecular flexibility index (Phi) is 9.96. The van der Waals surface area contributed by atoms with Gasteiger partial charge in [0.15, 0.2) is 5.76 Å². The molecule has 0 aliphatic carbocycles. The van der Waals surface area contributed by atoms with E-state index in [1.54, 1.807) is 36.4 Å². The van der Waals surface area contributed by atoms with Crippen molar-refractivity contribution in [3.8, 4) is 22.8 Å². The SMILES string of the molecule is CC(C)(C)c1ccc(C(Cc2ccc(C(=O)NCCS(=O)(=O)[O-])cc2)c2cc(-c3ccc(Oc4ccc(Cl)cc4)cc3)on2)cc1. The molecule has 1 aromatic heterocycles. The summed E-state index contributed by atoms with van der Waals surface area (Å²) in [4.78, 5) is 12.4. The molecule has 1 unspecified atom stereocenters. The van der Waals surface area contributed by atoms with Crippen LogP contribution < -0.4 is 10.1 Å². The Morgan fingerprint density at radius 3 is 2.11 bits per heavy atom. The number of aromatic nitrogens is 1. The van der Waals surface area contributed by atoms with E-state index in [0.29, 0.717) is 34.3 Å². The van der Waals surface area contributed by atoms with Gasteiger partial charge in [-0.2, -0.15) is 0 Å². The summed E-state index contributed by atoms with van der Waals surface area (Å²) < 4.78 is 44.3. The van der Waals surface area contributed by atoms with E-state index in [-0.39, 0.29) is 17.9 Å². The molecule has 1 N–H and O–H groups in total. The Labute approximate surface area is 274 Å². The first-order chi connectivity index (χ1) is 21.8. The van der Waals surface area contributed by atoms with Crippen LogP contribution in [0.1, 0.15) is 59.4 Å². The highest BCUT2D eigenvalue weighted by Crippen LogP contribution is 2.34. The van der Waals surface area contributed by atoms with Gasteiger partial charge in [0.2, 0.25) is 0 Å². The molecule has 0 fully saturated rings. The molecule has 0 bridgehead atoms. The fraction of sp³-hybridized carbons (Fsp3) is 0.222. The molecule has 46 heavy (non-hydrogen) atoms. The van der Waals surface area contributed by atoms with Gasteiger partial charge in [-0.15, -0.1) is 0 Å². The van der Waals surface area contributed by atoms with E-state index >= 15 is 0 Å². The van der Waals surface area contributed by atoms with E-state index < -0.39 is 21.8 Å². The number of benzene rings is 4.